The van der Waals surface area contributed by atoms with Crippen LogP contribution in [0.3, 0.4) is 0 Å². The summed E-state index contributed by atoms with van der Waals surface area (Å²) in [6, 6.07) is 2.20. The number of rotatable bonds is 10. The Morgan fingerprint density at radius 1 is 0.481 bits per heavy atom. The summed E-state index contributed by atoms with van der Waals surface area (Å²) < 4.78 is 24.5. The second-order valence-corrected chi connectivity index (χ2v) is 13.6. The maximum absolute atomic E-state index is 6.12. The van der Waals surface area contributed by atoms with Gasteiger partial charge in [-0.15, -0.1) is 0 Å². The monoisotopic (exact) mass is 416 g/mol. The van der Waals surface area contributed by atoms with E-state index in [0.29, 0.717) is 19.0 Å². The van der Waals surface area contributed by atoms with E-state index in [2.05, 4.69) is 83.1 Å². The lowest BCUT2D eigenvalue weighted by molar-refractivity contribution is -0.194. The summed E-state index contributed by atoms with van der Waals surface area (Å²) in [4.78, 5) is 0. The highest BCUT2D eigenvalue weighted by Gasteiger charge is 2.26. The van der Waals surface area contributed by atoms with Crippen molar-refractivity contribution in [1.82, 2.24) is 0 Å². The minimum Gasteiger partial charge on any atom is -0.351 e. The molecule has 0 aliphatic rings. The average Bonchev–Trinajstić information content (AvgIpc) is 2.29. The molecule has 0 saturated heterocycles. The van der Waals surface area contributed by atoms with E-state index in [0.717, 1.165) is 18.5 Å². The molecule has 0 atom stereocenters. The smallest absolute Gasteiger partial charge is 0.138 e. The molecule has 4 nitrogen and oxygen atoms in total. The maximum atomic E-state index is 6.12. The molecule has 27 heavy (non-hydrogen) atoms. The molecule has 0 fully saturated rings. The molecule has 0 N–H and O–H groups in total. The Balaban J connectivity index is 4.46. The summed E-state index contributed by atoms with van der Waals surface area (Å²) in [6.07, 6.45) is 1.13. The summed E-state index contributed by atoms with van der Waals surface area (Å²) in [5.41, 5.74) is -0.790. The van der Waals surface area contributed by atoms with Gasteiger partial charge in [-0.3, -0.25) is 0 Å². The van der Waals surface area contributed by atoms with Crippen molar-refractivity contribution < 1.29 is 18.9 Å². The van der Waals surface area contributed by atoms with Gasteiger partial charge in [0.2, 0.25) is 0 Å². The van der Waals surface area contributed by atoms with Gasteiger partial charge in [-0.25, -0.2) is 0 Å². The van der Waals surface area contributed by atoms with Crippen LogP contribution in [-0.4, -0.2) is 53.3 Å². The second-order valence-electron chi connectivity index (χ2n) is 10.8. The first-order valence-corrected chi connectivity index (χ1v) is 12.6. The zero-order valence-electron chi connectivity index (χ0n) is 19.9. The van der Waals surface area contributed by atoms with Gasteiger partial charge in [-0.2, -0.15) is 0 Å². The summed E-state index contributed by atoms with van der Waals surface area (Å²) in [5, 5.41) is 0. The predicted octanol–water partition coefficient (Wildman–Crippen LogP) is 5.45. The molecule has 6 heteroatoms. The first kappa shape index (κ1) is 27.3. The normalized spacial score (nSPS) is 14.4. The van der Waals surface area contributed by atoms with Crippen LogP contribution in [0.25, 0.3) is 0 Å². The highest BCUT2D eigenvalue weighted by molar-refractivity contribution is 6.38. The van der Waals surface area contributed by atoms with Crippen LogP contribution in [0, 0.1) is 0 Å². The third-order valence-corrected chi connectivity index (χ3v) is 5.24. The minimum atomic E-state index is -0.198. The largest absolute Gasteiger partial charge is 0.351 e. The fourth-order valence-electron chi connectivity index (χ4n) is 2.03. The van der Waals surface area contributed by atoms with E-state index in [1.165, 1.54) is 0 Å². The Labute approximate surface area is 174 Å². The molecule has 0 rings (SSSR count). The Kier molecular flexibility index (Phi) is 11.0. The molecule has 0 aromatic rings. The van der Waals surface area contributed by atoms with E-state index in [1.807, 2.05) is 0 Å². The number of ether oxygens (including phenoxy) is 4. The molecule has 4 radical (unpaired) electrons. The van der Waals surface area contributed by atoms with Crippen LogP contribution in [0.2, 0.25) is 12.1 Å². The quantitative estimate of drug-likeness (QED) is 0.269. The van der Waals surface area contributed by atoms with Crippen LogP contribution in [0.4, 0.5) is 0 Å². The highest BCUT2D eigenvalue weighted by atomic mass is 28.2. The van der Waals surface area contributed by atoms with E-state index >= 15 is 0 Å². The lowest BCUT2D eigenvalue weighted by Gasteiger charge is -2.33. The fraction of sp³-hybridized carbons (Fsp3) is 1.00. The predicted molar refractivity (Wildman–Crippen MR) is 117 cm³/mol. The van der Waals surface area contributed by atoms with Gasteiger partial charge in [0.05, 0.1) is 22.4 Å². The Morgan fingerprint density at radius 3 is 0.889 bits per heavy atom. The van der Waals surface area contributed by atoms with Crippen molar-refractivity contribution in [3.05, 3.63) is 0 Å². The minimum absolute atomic E-state index is 0.138. The van der Waals surface area contributed by atoms with E-state index in [9.17, 15) is 0 Å². The third kappa shape index (κ3) is 19.4. The molecule has 0 heterocycles. The molecule has 0 spiro atoms. The van der Waals surface area contributed by atoms with Crippen LogP contribution in [0.5, 0.6) is 0 Å². The van der Waals surface area contributed by atoms with Crippen molar-refractivity contribution in [2.24, 2.45) is 0 Å². The van der Waals surface area contributed by atoms with E-state index in [-0.39, 0.29) is 34.2 Å². The first-order valence-electron chi connectivity index (χ1n) is 10.0. The fourth-order valence-corrected chi connectivity index (χ4v) is 5.36. The van der Waals surface area contributed by atoms with Crippen molar-refractivity contribution in [2.45, 2.75) is 136 Å². The topological polar surface area (TPSA) is 36.9 Å². The van der Waals surface area contributed by atoms with Crippen molar-refractivity contribution in [1.29, 1.82) is 0 Å². The van der Waals surface area contributed by atoms with Gasteiger partial charge in [0.1, 0.15) is 30.9 Å². The molecular weight excluding hydrogens is 372 g/mol. The van der Waals surface area contributed by atoms with Crippen LogP contribution in [0.15, 0.2) is 0 Å². The number of hydrogen-bond acceptors (Lipinski definition) is 4. The summed E-state index contributed by atoms with van der Waals surface area (Å²) >= 11 is 0. The molecule has 0 aromatic heterocycles. The van der Waals surface area contributed by atoms with Crippen molar-refractivity contribution in [3.63, 3.8) is 0 Å². The van der Waals surface area contributed by atoms with Gasteiger partial charge in [-0.05, 0) is 83.1 Å². The Bertz CT molecular complexity index is 330. The van der Waals surface area contributed by atoms with E-state index in [1.54, 1.807) is 0 Å². The average molecular weight is 417 g/mol. The molecule has 0 aliphatic heterocycles. The van der Waals surface area contributed by atoms with Crippen LogP contribution < -0.4 is 0 Å². The van der Waals surface area contributed by atoms with E-state index in [4.69, 9.17) is 18.9 Å². The maximum Gasteiger partial charge on any atom is 0.138 e. The summed E-state index contributed by atoms with van der Waals surface area (Å²) in [5.74, 6) is -0.276. The van der Waals surface area contributed by atoms with Gasteiger partial charge in [0, 0.05) is 0 Å². The first-order chi connectivity index (χ1) is 11.9. The van der Waals surface area contributed by atoms with Gasteiger partial charge >= 0.3 is 0 Å². The van der Waals surface area contributed by atoms with Gasteiger partial charge in [-0.1, -0.05) is 18.5 Å². The molecule has 0 bridgehead atoms. The molecule has 0 amide bonds. The molecule has 0 aromatic carbocycles. The van der Waals surface area contributed by atoms with E-state index < -0.39 is 0 Å². The summed E-state index contributed by atoms with van der Waals surface area (Å²) in [7, 11) is 1.26. The zero-order valence-corrected chi connectivity index (χ0v) is 21.9. The van der Waals surface area contributed by atoms with Crippen molar-refractivity contribution in [3.8, 4) is 0 Å². The molecule has 0 saturated carbocycles. The van der Waals surface area contributed by atoms with Crippen molar-refractivity contribution in [2.75, 3.05) is 0 Å². The van der Waals surface area contributed by atoms with Gasteiger partial charge < -0.3 is 18.9 Å². The Morgan fingerprint density at radius 2 is 0.704 bits per heavy atom. The SMILES string of the molecule is CC(C)(C)OC(OC(C)(C)C)[Si]CCC[Si]C(OC(C)(C)C)OC(C)(C)C. The van der Waals surface area contributed by atoms with Gasteiger partial charge in [0.25, 0.3) is 0 Å². The lowest BCUT2D eigenvalue weighted by Crippen LogP contribution is -2.39. The second kappa shape index (κ2) is 10.9. The zero-order chi connectivity index (χ0) is 21.5. The molecule has 0 unspecified atom stereocenters. The highest BCUT2D eigenvalue weighted by Crippen LogP contribution is 2.20. The molecular formula is C21H44O4Si2. The number of hydrogen-bond donors (Lipinski definition) is 0. The standard InChI is InChI=1S/C21H44O4Si2/c1-18(2,3)22-16(23-19(4,5)6)26-14-13-15-27-17(24-20(7,8)9)25-21(10,11)12/h16-17H,13-15H2,1-12H3. The van der Waals surface area contributed by atoms with Gasteiger partial charge in [0.15, 0.2) is 0 Å². The third-order valence-electron chi connectivity index (χ3n) is 2.82. The van der Waals surface area contributed by atoms with Crippen LogP contribution in [0.1, 0.15) is 89.5 Å². The lowest BCUT2D eigenvalue weighted by atomic mass is 10.2. The summed E-state index contributed by atoms with van der Waals surface area (Å²) in [6.45, 7) is 25.0. The molecule has 160 valence electrons. The van der Waals surface area contributed by atoms with Crippen molar-refractivity contribution >= 4 is 19.0 Å². The van der Waals surface area contributed by atoms with Crippen LogP contribution in [-0.2, 0) is 18.9 Å². The van der Waals surface area contributed by atoms with Crippen LogP contribution >= 0.6 is 0 Å². The molecule has 0 aliphatic carbocycles. The Hall–Kier alpha value is 0.274.